The van der Waals surface area contributed by atoms with Crippen LogP contribution in [0.25, 0.3) is 0 Å². The average Bonchev–Trinajstić information content (AvgIpc) is 3.78. The van der Waals surface area contributed by atoms with Gasteiger partial charge in [-0.2, -0.15) is 36.4 Å². The van der Waals surface area contributed by atoms with Crippen LogP contribution in [0.4, 0.5) is 0 Å². The maximum atomic E-state index is 5.72. The Morgan fingerprint density at radius 1 is 0.651 bits per heavy atom. The number of halogens is 2. The van der Waals surface area contributed by atoms with Gasteiger partial charge >= 0.3 is 21.7 Å². The summed E-state index contributed by atoms with van der Waals surface area (Å²) in [5.41, 5.74) is 0. The van der Waals surface area contributed by atoms with Crippen molar-refractivity contribution in [2.24, 2.45) is 11.8 Å². The summed E-state index contributed by atoms with van der Waals surface area (Å²) in [4.78, 5) is 15.1. The number of hydrogen-bond donors (Lipinski definition) is 0. The summed E-state index contributed by atoms with van der Waals surface area (Å²) in [7, 11) is 0. The molecule has 6 nitrogen and oxygen atoms in total. The molecule has 2 aromatic carbocycles. The van der Waals surface area contributed by atoms with Crippen LogP contribution in [0.3, 0.4) is 0 Å². The zero-order valence-corrected chi connectivity index (χ0v) is 29.1. The molecule has 0 bridgehead atoms. The van der Waals surface area contributed by atoms with E-state index >= 15 is 0 Å². The fourth-order valence-corrected chi connectivity index (χ4v) is 3.83. The van der Waals surface area contributed by atoms with Crippen LogP contribution in [0.5, 0.6) is 11.8 Å². The molecule has 2 heterocycles. The Hall–Kier alpha value is -2.25. The first-order valence-corrected chi connectivity index (χ1v) is 15.7. The summed E-state index contributed by atoms with van der Waals surface area (Å²) in [6.45, 7) is 10.2. The van der Waals surface area contributed by atoms with Crippen molar-refractivity contribution >= 4 is 23.2 Å². The van der Waals surface area contributed by atoms with Crippen LogP contribution in [0.2, 0.25) is 10.3 Å². The average molecular weight is 662 g/mol. The Kier molecular flexibility index (Phi) is 27.0. The van der Waals surface area contributed by atoms with Crippen molar-refractivity contribution in [2.75, 3.05) is 13.2 Å². The van der Waals surface area contributed by atoms with E-state index in [1.807, 2.05) is 60.7 Å². The standard InChI is InChI=1S/2C12H18ClN2O.2C5H5.Ti/c2*1-3-5-6-10(4-2)8-16-12-7-11(13)14-9-15-12;2*1-2-4-5-3-1;/h2*7,10H,3-6,8H2,1-2H3;2*1-5H;/q4*-1;+4. The van der Waals surface area contributed by atoms with Gasteiger partial charge in [-0.15, -0.1) is 23.2 Å². The third-order valence-electron chi connectivity index (χ3n) is 6.25. The summed E-state index contributed by atoms with van der Waals surface area (Å²) in [5.74, 6) is 2.20. The molecule has 0 aliphatic rings. The van der Waals surface area contributed by atoms with E-state index < -0.39 is 0 Å². The van der Waals surface area contributed by atoms with Crippen molar-refractivity contribution in [3.05, 3.63) is 95.8 Å². The van der Waals surface area contributed by atoms with Crippen LogP contribution < -0.4 is 9.47 Å². The normalized spacial score (nSPS) is 11.1. The summed E-state index contributed by atoms with van der Waals surface area (Å²) in [6, 6.07) is 23.2. The maximum absolute atomic E-state index is 5.72. The number of rotatable bonds is 14. The van der Waals surface area contributed by atoms with Gasteiger partial charge < -0.3 is 29.4 Å². The molecule has 0 saturated carbocycles. The van der Waals surface area contributed by atoms with Crippen molar-refractivity contribution in [1.29, 1.82) is 0 Å². The van der Waals surface area contributed by atoms with Gasteiger partial charge in [-0.25, -0.2) is 24.3 Å². The second-order valence-electron chi connectivity index (χ2n) is 9.64. The predicted molar refractivity (Wildman–Crippen MR) is 173 cm³/mol. The van der Waals surface area contributed by atoms with Gasteiger partial charge in [0, 0.05) is 23.0 Å². The van der Waals surface area contributed by atoms with Crippen LogP contribution in [0, 0.1) is 24.5 Å². The molecule has 2 aromatic heterocycles. The molecule has 0 aliphatic heterocycles. The molecular weight excluding hydrogens is 615 g/mol. The summed E-state index contributed by atoms with van der Waals surface area (Å²) in [5, 5.41) is 0.734. The van der Waals surface area contributed by atoms with Gasteiger partial charge in [0.2, 0.25) is 0 Å². The zero-order chi connectivity index (χ0) is 30.7. The van der Waals surface area contributed by atoms with Gasteiger partial charge in [0.15, 0.2) is 0 Å². The van der Waals surface area contributed by atoms with E-state index in [0.29, 0.717) is 47.1 Å². The van der Waals surface area contributed by atoms with Gasteiger partial charge in [0.1, 0.15) is 11.8 Å². The monoisotopic (exact) mass is 660 g/mol. The Bertz CT molecular complexity index is 979. The summed E-state index contributed by atoms with van der Waals surface area (Å²) in [6.07, 6.45) is 14.5. The second kappa shape index (κ2) is 28.5. The van der Waals surface area contributed by atoms with Crippen molar-refractivity contribution in [1.82, 2.24) is 19.9 Å². The molecule has 0 aliphatic carbocycles. The minimum absolute atomic E-state index is 0. The van der Waals surface area contributed by atoms with E-state index in [1.54, 1.807) is 12.1 Å². The maximum Gasteiger partial charge on any atom is 4.00 e. The van der Waals surface area contributed by atoms with Crippen molar-refractivity contribution in [2.45, 2.75) is 79.1 Å². The molecule has 0 spiro atoms. The molecule has 0 N–H and O–H groups in total. The van der Waals surface area contributed by atoms with Crippen LogP contribution in [0.15, 0.2) is 72.8 Å². The Morgan fingerprint density at radius 3 is 1.28 bits per heavy atom. The summed E-state index contributed by atoms with van der Waals surface area (Å²) < 4.78 is 11.1. The number of ether oxygens (including phenoxy) is 2. The third kappa shape index (κ3) is 22.9. The SMILES string of the molecule is CCCCC(CC)COc1cc(Cl)n[c-]n1.CCCCC(CC)COc1cc(Cl)n[c-]n1.[Ti+4].c1cc[cH-]c1.c1cc[cH-]c1. The molecule has 0 radical (unpaired) electrons. The third-order valence-corrected chi connectivity index (χ3v) is 6.64. The van der Waals surface area contributed by atoms with E-state index in [2.05, 4.69) is 60.3 Å². The van der Waals surface area contributed by atoms with E-state index in [0.717, 1.165) is 12.8 Å². The predicted octanol–water partition coefficient (Wildman–Crippen LogP) is 9.86. The van der Waals surface area contributed by atoms with Crippen LogP contribution in [-0.4, -0.2) is 33.1 Å². The Balaban J connectivity index is 0.000000608. The van der Waals surface area contributed by atoms with Gasteiger partial charge in [-0.05, 0) is 24.7 Å². The van der Waals surface area contributed by atoms with Gasteiger partial charge in [-0.3, -0.25) is 0 Å². The second-order valence-corrected chi connectivity index (χ2v) is 10.4. The fraction of sp³-hybridized carbons (Fsp3) is 0.471. The van der Waals surface area contributed by atoms with Crippen molar-refractivity contribution < 1.29 is 31.2 Å². The number of hydrogen-bond acceptors (Lipinski definition) is 6. The Morgan fingerprint density at radius 2 is 1.02 bits per heavy atom. The van der Waals surface area contributed by atoms with Crippen molar-refractivity contribution in [3.63, 3.8) is 0 Å². The van der Waals surface area contributed by atoms with Gasteiger partial charge in [-0.1, -0.05) is 78.4 Å². The topological polar surface area (TPSA) is 70.0 Å². The van der Waals surface area contributed by atoms with E-state index in [4.69, 9.17) is 32.7 Å². The van der Waals surface area contributed by atoms with E-state index in [-0.39, 0.29) is 21.7 Å². The molecule has 232 valence electrons. The van der Waals surface area contributed by atoms with Crippen LogP contribution in [-0.2, 0) is 21.7 Å². The minimum Gasteiger partial charge on any atom is -0.534 e. The smallest absolute Gasteiger partial charge is 0.534 e. The first-order chi connectivity index (χ1) is 20.5. The molecule has 0 amide bonds. The summed E-state index contributed by atoms with van der Waals surface area (Å²) >= 11 is 11.4. The molecule has 9 heteroatoms. The van der Waals surface area contributed by atoms with Gasteiger partial charge in [0.05, 0.1) is 13.2 Å². The first kappa shape index (κ1) is 40.8. The minimum atomic E-state index is 0. The molecule has 4 aromatic rings. The number of unbranched alkanes of at least 4 members (excludes halogenated alkanes) is 2. The molecule has 43 heavy (non-hydrogen) atoms. The first-order valence-electron chi connectivity index (χ1n) is 14.9. The van der Waals surface area contributed by atoms with E-state index in [9.17, 15) is 0 Å². The molecule has 2 atom stereocenters. The molecule has 2 unspecified atom stereocenters. The molecule has 4 rings (SSSR count). The van der Waals surface area contributed by atoms with Crippen molar-refractivity contribution in [3.8, 4) is 11.8 Å². The largest absolute Gasteiger partial charge is 4.00 e. The molecule has 0 saturated heterocycles. The fourth-order valence-electron chi connectivity index (χ4n) is 3.57. The van der Waals surface area contributed by atoms with Gasteiger partial charge in [0.25, 0.3) is 0 Å². The zero-order valence-electron chi connectivity index (χ0n) is 26.0. The molecular formula is C34H46Cl2N4O2Ti. The van der Waals surface area contributed by atoms with Crippen LogP contribution in [0.1, 0.15) is 79.1 Å². The quantitative estimate of drug-likeness (QED) is 0.0762. The Labute approximate surface area is 284 Å². The van der Waals surface area contributed by atoms with Crippen LogP contribution >= 0.6 is 23.2 Å². The molecule has 0 fully saturated rings. The number of aromatic nitrogens is 4. The number of nitrogens with zero attached hydrogens (tertiary/aromatic N) is 4. The van der Waals surface area contributed by atoms with E-state index in [1.165, 1.54) is 38.5 Å².